The molecule has 1 aromatic rings. The second kappa shape index (κ2) is 3.43. The predicted molar refractivity (Wildman–Crippen MR) is 51.9 cm³/mol. The maximum Gasteiger partial charge on any atom is 0.325 e. The van der Waals surface area contributed by atoms with Gasteiger partial charge in [0.15, 0.2) is 11.5 Å². The number of aryl methyl sites for hydroxylation is 1. The molecule has 0 aromatic heterocycles. The van der Waals surface area contributed by atoms with Gasteiger partial charge in [-0.15, -0.1) is 0 Å². The van der Waals surface area contributed by atoms with E-state index in [1.165, 1.54) is 0 Å². The first kappa shape index (κ1) is 9.79. The lowest BCUT2D eigenvalue weighted by Gasteiger charge is -2.12. The van der Waals surface area contributed by atoms with Crippen LogP contribution in [0.3, 0.4) is 0 Å². The van der Waals surface area contributed by atoms with E-state index in [1.54, 1.807) is 19.1 Å². The maximum atomic E-state index is 10.8. The number of carbonyl (C=O) groups is 1. The number of benzene rings is 1. The minimum absolute atomic E-state index is 0.109. The highest BCUT2D eigenvalue weighted by molar-refractivity contribution is 5.78. The molecule has 3 N–H and O–H groups in total. The largest absolute Gasteiger partial charge is 0.480 e. The van der Waals surface area contributed by atoms with Gasteiger partial charge >= 0.3 is 5.97 Å². The highest BCUT2D eigenvalue weighted by Gasteiger charge is 2.26. The summed E-state index contributed by atoms with van der Waals surface area (Å²) in [6.45, 7) is 1.90. The molecule has 15 heavy (non-hydrogen) atoms. The third-order valence-corrected chi connectivity index (χ3v) is 2.37. The number of hydrogen-bond donors (Lipinski definition) is 2. The Morgan fingerprint density at radius 2 is 2.27 bits per heavy atom. The third kappa shape index (κ3) is 1.50. The number of carboxylic acids is 1. The summed E-state index contributed by atoms with van der Waals surface area (Å²) in [5.74, 6) is -0.0841. The first-order valence-electron chi connectivity index (χ1n) is 4.48. The molecule has 0 fully saturated rings. The SMILES string of the molecule is Cc1ccc2c(c1C(N)C(=O)O)OCO2. The minimum Gasteiger partial charge on any atom is -0.480 e. The molecule has 0 saturated carbocycles. The van der Waals surface area contributed by atoms with E-state index in [4.69, 9.17) is 20.3 Å². The van der Waals surface area contributed by atoms with E-state index in [1.807, 2.05) is 0 Å². The van der Waals surface area contributed by atoms with E-state index in [0.717, 1.165) is 5.56 Å². The minimum atomic E-state index is -1.08. The monoisotopic (exact) mass is 209 g/mol. The number of carboxylic acid groups (broad SMARTS) is 1. The Hall–Kier alpha value is -1.75. The quantitative estimate of drug-likeness (QED) is 0.753. The molecule has 0 aliphatic carbocycles. The fraction of sp³-hybridized carbons (Fsp3) is 0.300. The van der Waals surface area contributed by atoms with Crippen molar-refractivity contribution in [2.75, 3.05) is 6.79 Å². The lowest BCUT2D eigenvalue weighted by Crippen LogP contribution is -2.22. The van der Waals surface area contributed by atoms with Crippen LogP contribution >= 0.6 is 0 Å². The van der Waals surface area contributed by atoms with Crippen LogP contribution in [0.4, 0.5) is 0 Å². The Morgan fingerprint density at radius 3 is 2.93 bits per heavy atom. The van der Waals surface area contributed by atoms with Crippen molar-refractivity contribution in [3.05, 3.63) is 23.3 Å². The van der Waals surface area contributed by atoms with Crippen LogP contribution in [0.2, 0.25) is 0 Å². The summed E-state index contributed by atoms with van der Waals surface area (Å²) in [5.41, 5.74) is 6.85. The molecule has 5 heteroatoms. The van der Waals surface area contributed by atoms with Gasteiger partial charge in [-0.05, 0) is 18.6 Å². The van der Waals surface area contributed by atoms with Crippen LogP contribution in [0.1, 0.15) is 17.2 Å². The first-order chi connectivity index (χ1) is 7.11. The molecule has 1 aliphatic heterocycles. The lowest BCUT2D eigenvalue weighted by atomic mass is 10.0. The third-order valence-electron chi connectivity index (χ3n) is 2.37. The van der Waals surface area contributed by atoms with Gasteiger partial charge in [-0.1, -0.05) is 6.07 Å². The fourth-order valence-corrected chi connectivity index (χ4v) is 1.60. The van der Waals surface area contributed by atoms with Crippen molar-refractivity contribution in [2.24, 2.45) is 5.73 Å². The Kier molecular flexibility index (Phi) is 2.24. The second-order valence-electron chi connectivity index (χ2n) is 3.35. The zero-order valence-electron chi connectivity index (χ0n) is 8.19. The zero-order valence-corrected chi connectivity index (χ0v) is 8.19. The summed E-state index contributed by atoms with van der Waals surface area (Å²) >= 11 is 0. The summed E-state index contributed by atoms with van der Waals surface area (Å²) in [6.07, 6.45) is 0. The van der Waals surface area contributed by atoms with Gasteiger partial charge in [-0.2, -0.15) is 0 Å². The van der Waals surface area contributed by atoms with Crippen molar-refractivity contribution < 1.29 is 19.4 Å². The molecule has 2 rings (SSSR count). The number of aliphatic carboxylic acids is 1. The molecule has 5 nitrogen and oxygen atoms in total. The molecule has 0 spiro atoms. The van der Waals surface area contributed by atoms with Crippen LogP contribution in [0.15, 0.2) is 12.1 Å². The molecule has 0 bridgehead atoms. The number of ether oxygens (including phenoxy) is 2. The second-order valence-corrected chi connectivity index (χ2v) is 3.35. The van der Waals surface area contributed by atoms with Gasteiger partial charge in [0.2, 0.25) is 6.79 Å². The van der Waals surface area contributed by atoms with E-state index in [2.05, 4.69) is 0 Å². The van der Waals surface area contributed by atoms with Gasteiger partial charge in [0.1, 0.15) is 6.04 Å². The molecule has 1 aliphatic rings. The van der Waals surface area contributed by atoms with Crippen molar-refractivity contribution in [1.82, 2.24) is 0 Å². The summed E-state index contributed by atoms with van der Waals surface area (Å²) in [7, 11) is 0. The summed E-state index contributed by atoms with van der Waals surface area (Å²) in [4.78, 5) is 10.8. The van der Waals surface area contributed by atoms with Crippen LogP contribution in [0, 0.1) is 6.92 Å². The molecule has 1 atom stereocenters. The molecule has 0 amide bonds. The van der Waals surface area contributed by atoms with Gasteiger partial charge in [0.25, 0.3) is 0 Å². The Labute approximate surface area is 86.4 Å². The Balaban J connectivity index is 2.54. The van der Waals surface area contributed by atoms with Gasteiger partial charge in [-0.3, -0.25) is 4.79 Å². The number of hydrogen-bond acceptors (Lipinski definition) is 4. The number of rotatable bonds is 2. The zero-order chi connectivity index (χ0) is 11.0. The van der Waals surface area contributed by atoms with Crippen LogP contribution in [0.5, 0.6) is 11.5 Å². The average Bonchev–Trinajstić information content (AvgIpc) is 2.64. The summed E-state index contributed by atoms with van der Waals surface area (Å²) in [6, 6.07) is 2.43. The molecule has 1 heterocycles. The standard InChI is InChI=1S/C10H11NO4/c1-5-2-3-6-9(15-4-14-6)7(5)8(11)10(12)13/h2-3,8H,4,11H2,1H3,(H,12,13). The number of fused-ring (bicyclic) bond motifs is 1. The maximum absolute atomic E-state index is 10.8. The molecule has 0 saturated heterocycles. The average molecular weight is 209 g/mol. The van der Waals surface area contributed by atoms with Gasteiger partial charge in [0, 0.05) is 5.56 Å². The van der Waals surface area contributed by atoms with Gasteiger partial charge in [0.05, 0.1) is 0 Å². The molecule has 80 valence electrons. The smallest absolute Gasteiger partial charge is 0.325 e. The highest BCUT2D eigenvalue weighted by Crippen LogP contribution is 2.39. The van der Waals surface area contributed by atoms with Crippen molar-refractivity contribution in [3.63, 3.8) is 0 Å². The van der Waals surface area contributed by atoms with Crippen LogP contribution in [-0.4, -0.2) is 17.9 Å². The first-order valence-corrected chi connectivity index (χ1v) is 4.48. The van der Waals surface area contributed by atoms with Crippen LogP contribution < -0.4 is 15.2 Å². The Morgan fingerprint density at radius 1 is 1.53 bits per heavy atom. The highest BCUT2D eigenvalue weighted by atomic mass is 16.7. The topological polar surface area (TPSA) is 81.8 Å². The molecule has 1 unspecified atom stereocenters. The van der Waals surface area contributed by atoms with E-state index in [0.29, 0.717) is 17.1 Å². The van der Waals surface area contributed by atoms with Crippen LogP contribution in [0.25, 0.3) is 0 Å². The van der Waals surface area contributed by atoms with E-state index < -0.39 is 12.0 Å². The van der Waals surface area contributed by atoms with E-state index in [-0.39, 0.29) is 6.79 Å². The molecular weight excluding hydrogens is 198 g/mol. The van der Waals surface area contributed by atoms with Crippen molar-refractivity contribution in [1.29, 1.82) is 0 Å². The number of nitrogens with two attached hydrogens (primary N) is 1. The normalized spacial score (nSPS) is 15.1. The van der Waals surface area contributed by atoms with E-state index >= 15 is 0 Å². The summed E-state index contributed by atoms with van der Waals surface area (Å²) in [5, 5.41) is 8.87. The fourth-order valence-electron chi connectivity index (χ4n) is 1.60. The van der Waals surface area contributed by atoms with Gasteiger partial charge < -0.3 is 20.3 Å². The van der Waals surface area contributed by atoms with Crippen LogP contribution in [-0.2, 0) is 4.79 Å². The Bertz CT molecular complexity index is 416. The lowest BCUT2D eigenvalue weighted by molar-refractivity contribution is -0.138. The molecule has 1 aromatic carbocycles. The van der Waals surface area contributed by atoms with Gasteiger partial charge in [-0.25, -0.2) is 0 Å². The van der Waals surface area contributed by atoms with Crippen molar-refractivity contribution in [2.45, 2.75) is 13.0 Å². The van der Waals surface area contributed by atoms with Crippen molar-refractivity contribution in [3.8, 4) is 11.5 Å². The molecular formula is C10H11NO4. The summed E-state index contributed by atoms with van der Waals surface area (Å²) < 4.78 is 10.4. The van der Waals surface area contributed by atoms with Crippen molar-refractivity contribution >= 4 is 5.97 Å². The predicted octanol–water partition coefficient (Wildman–Crippen LogP) is 0.808. The molecule has 0 radical (unpaired) electrons. The van der Waals surface area contributed by atoms with E-state index in [9.17, 15) is 4.79 Å².